The summed E-state index contributed by atoms with van der Waals surface area (Å²) in [5.74, 6) is 0.306. The summed E-state index contributed by atoms with van der Waals surface area (Å²) < 4.78 is 0. The topological polar surface area (TPSA) is 38.8 Å². The number of rotatable bonds is 2. The van der Waals surface area contributed by atoms with Gasteiger partial charge < -0.3 is 15.1 Å². The summed E-state index contributed by atoms with van der Waals surface area (Å²) in [6.07, 6.45) is 1.15. The van der Waals surface area contributed by atoms with Gasteiger partial charge in [0.1, 0.15) is 0 Å². The van der Waals surface area contributed by atoms with Gasteiger partial charge in [-0.05, 0) is 26.6 Å². The van der Waals surface area contributed by atoms with Gasteiger partial charge >= 0.3 is 0 Å². The van der Waals surface area contributed by atoms with Crippen LogP contribution in [-0.4, -0.2) is 86.6 Å². The molecule has 2 aliphatic rings. The molecule has 2 saturated heterocycles. The number of piperazine rings is 1. The second-order valence-electron chi connectivity index (χ2n) is 5.06. The van der Waals surface area contributed by atoms with Gasteiger partial charge in [0, 0.05) is 39.3 Å². The van der Waals surface area contributed by atoms with Crippen LogP contribution in [0.1, 0.15) is 6.42 Å². The lowest BCUT2D eigenvalue weighted by Crippen LogP contribution is -2.50. The number of amides is 1. The third-order valence-corrected chi connectivity index (χ3v) is 3.65. The zero-order valence-electron chi connectivity index (χ0n) is 10.8. The van der Waals surface area contributed by atoms with Gasteiger partial charge in [-0.15, -0.1) is 0 Å². The van der Waals surface area contributed by atoms with Crippen molar-refractivity contribution in [3.8, 4) is 0 Å². The molecule has 17 heavy (non-hydrogen) atoms. The van der Waals surface area contributed by atoms with E-state index in [1.54, 1.807) is 0 Å². The van der Waals surface area contributed by atoms with Crippen molar-refractivity contribution >= 4 is 5.91 Å². The van der Waals surface area contributed by atoms with Crippen molar-refractivity contribution < 1.29 is 4.79 Å². The Balaban J connectivity index is 1.75. The van der Waals surface area contributed by atoms with E-state index in [1.165, 1.54) is 0 Å². The minimum atomic E-state index is 0.306. The fraction of sp³-hybridized carbons (Fsp3) is 0.917. The lowest BCUT2D eigenvalue weighted by molar-refractivity contribution is -0.133. The first-order valence-corrected chi connectivity index (χ1v) is 6.65. The number of nitrogens with zero attached hydrogens (tertiary/aromatic N) is 3. The van der Waals surface area contributed by atoms with E-state index in [2.05, 4.69) is 22.2 Å². The molecule has 5 heteroatoms. The van der Waals surface area contributed by atoms with Gasteiger partial charge in [0.2, 0.25) is 5.91 Å². The first-order chi connectivity index (χ1) is 8.25. The van der Waals surface area contributed by atoms with E-state index in [0.29, 0.717) is 12.5 Å². The predicted molar refractivity (Wildman–Crippen MR) is 68.0 cm³/mol. The van der Waals surface area contributed by atoms with E-state index < -0.39 is 0 Å². The van der Waals surface area contributed by atoms with Crippen LogP contribution in [0, 0.1) is 0 Å². The molecule has 1 amide bonds. The number of likely N-dealkylation sites (N-methyl/N-ethyl adjacent to an activating group) is 1. The number of nitrogens with one attached hydrogen (secondary N) is 1. The molecule has 0 saturated carbocycles. The third-order valence-electron chi connectivity index (χ3n) is 3.65. The van der Waals surface area contributed by atoms with Crippen LogP contribution in [0.5, 0.6) is 0 Å². The maximum absolute atomic E-state index is 12.1. The lowest BCUT2D eigenvalue weighted by atomic mass is 10.3. The van der Waals surface area contributed by atoms with Crippen molar-refractivity contribution in [2.24, 2.45) is 0 Å². The van der Waals surface area contributed by atoms with Crippen LogP contribution in [0.25, 0.3) is 0 Å². The quantitative estimate of drug-likeness (QED) is 0.676. The molecule has 5 nitrogen and oxygen atoms in total. The summed E-state index contributed by atoms with van der Waals surface area (Å²) in [4.78, 5) is 18.7. The van der Waals surface area contributed by atoms with Gasteiger partial charge in [-0.3, -0.25) is 9.69 Å². The highest BCUT2D eigenvalue weighted by Gasteiger charge is 2.21. The smallest absolute Gasteiger partial charge is 0.236 e. The lowest BCUT2D eigenvalue weighted by Gasteiger charge is -2.33. The Morgan fingerprint density at radius 1 is 1.06 bits per heavy atom. The average Bonchev–Trinajstić information content (AvgIpc) is 2.58. The number of hydrogen-bond acceptors (Lipinski definition) is 4. The Bertz CT molecular complexity index is 243. The molecule has 2 rings (SSSR count). The highest BCUT2D eigenvalue weighted by Crippen LogP contribution is 2.02. The van der Waals surface area contributed by atoms with Crippen molar-refractivity contribution in [2.45, 2.75) is 6.42 Å². The maximum atomic E-state index is 12.1. The van der Waals surface area contributed by atoms with Gasteiger partial charge in [-0.25, -0.2) is 0 Å². The van der Waals surface area contributed by atoms with Crippen LogP contribution in [0.15, 0.2) is 0 Å². The standard InChI is InChI=1S/C12H24N4O/c1-14-7-9-16(10-8-14)12(17)11-15-5-2-3-13-4-6-15/h13H,2-11H2,1H3. The van der Waals surface area contributed by atoms with Crippen LogP contribution >= 0.6 is 0 Å². The first-order valence-electron chi connectivity index (χ1n) is 6.65. The number of hydrogen-bond donors (Lipinski definition) is 1. The second-order valence-corrected chi connectivity index (χ2v) is 5.06. The molecule has 0 radical (unpaired) electrons. The summed E-state index contributed by atoms with van der Waals surface area (Å²) in [6.45, 7) is 8.54. The van der Waals surface area contributed by atoms with Gasteiger partial charge in [-0.1, -0.05) is 0 Å². The average molecular weight is 240 g/mol. The van der Waals surface area contributed by atoms with E-state index in [4.69, 9.17) is 0 Å². The van der Waals surface area contributed by atoms with Crippen molar-refractivity contribution in [2.75, 3.05) is 66.0 Å². The third kappa shape index (κ3) is 3.94. The van der Waals surface area contributed by atoms with Crippen LogP contribution in [0.4, 0.5) is 0 Å². The molecule has 98 valence electrons. The van der Waals surface area contributed by atoms with Crippen LogP contribution in [0.2, 0.25) is 0 Å². The van der Waals surface area contributed by atoms with E-state index in [9.17, 15) is 4.79 Å². The van der Waals surface area contributed by atoms with Gasteiger partial charge in [0.25, 0.3) is 0 Å². The molecule has 1 N–H and O–H groups in total. The first kappa shape index (κ1) is 12.8. The molecule has 0 atom stereocenters. The molecular formula is C12H24N4O. The highest BCUT2D eigenvalue weighted by molar-refractivity contribution is 5.78. The normalized spacial score (nSPS) is 24.6. The van der Waals surface area contributed by atoms with Gasteiger partial charge in [0.15, 0.2) is 0 Å². The summed E-state index contributed by atoms with van der Waals surface area (Å²) >= 11 is 0. The van der Waals surface area contributed by atoms with E-state index in [-0.39, 0.29) is 0 Å². The Morgan fingerprint density at radius 3 is 2.59 bits per heavy atom. The molecule has 0 unspecified atom stereocenters. The van der Waals surface area contributed by atoms with E-state index in [0.717, 1.165) is 58.8 Å². The Kier molecular flexibility index (Phi) is 4.76. The largest absolute Gasteiger partial charge is 0.339 e. The molecule has 2 heterocycles. The van der Waals surface area contributed by atoms with Gasteiger partial charge in [0.05, 0.1) is 6.54 Å². The highest BCUT2D eigenvalue weighted by atomic mass is 16.2. The summed E-state index contributed by atoms with van der Waals surface area (Å²) in [5.41, 5.74) is 0. The van der Waals surface area contributed by atoms with Gasteiger partial charge in [-0.2, -0.15) is 0 Å². The fourth-order valence-corrected chi connectivity index (χ4v) is 2.41. The van der Waals surface area contributed by atoms with Crippen LogP contribution < -0.4 is 5.32 Å². The minimum Gasteiger partial charge on any atom is -0.339 e. The molecule has 0 aromatic rings. The molecule has 2 aliphatic heterocycles. The molecule has 0 bridgehead atoms. The number of carbonyl (C=O) groups excluding carboxylic acids is 1. The molecule has 0 aromatic heterocycles. The van der Waals surface area contributed by atoms with Crippen molar-refractivity contribution in [1.29, 1.82) is 0 Å². The van der Waals surface area contributed by atoms with E-state index in [1.807, 2.05) is 4.90 Å². The monoisotopic (exact) mass is 240 g/mol. The summed E-state index contributed by atoms with van der Waals surface area (Å²) in [7, 11) is 2.11. The van der Waals surface area contributed by atoms with E-state index >= 15 is 0 Å². The van der Waals surface area contributed by atoms with Crippen molar-refractivity contribution in [1.82, 2.24) is 20.0 Å². The SMILES string of the molecule is CN1CCN(C(=O)CN2CCCNCC2)CC1. The predicted octanol–water partition coefficient (Wildman–Crippen LogP) is -0.944. The summed E-state index contributed by atoms with van der Waals surface area (Å²) in [6, 6.07) is 0. The Hall–Kier alpha value is -0.650. The zero-order valence-corrected chi connectivity index (χ0v) is 10.8. The Morgan fingerprint density at radius 2 is 1.82 bits per heavy atom. The second kappa shape index (κ2) is 6.33. The number of carbonyl (C=O) groups is 1. The molecule has 0 spiro atoms. The molecule has 0 aromatic carbocycles. The summed E-state index contributed by atoms with van der Waals surface area (Å²) in [5, 5.41) is 3.36. The van der Waals surface area contributed by atoms with Crippen LogP contribution in [0.3, 0.4) is 0 Å². The van der Waals surface area contributed by atoms with Crippen molar-refractivity contribution in [3.05, 3.63) is 0 Å². The molecule has 2 fully saturated rings. The van der Waals surface area contributed by atoms with Crippen molar-refractivity contribution in [3.63, 3.8) is 0 Å². The zero-order chi connectivity index (χ0) is 12.1. The Labute approximate surface area is 104 Å². The minimum absolute atomic E-state index is 0.306. The van der Waals surface area contributed by atoms with Crippen LogP contribution in [-0.2, 0) is 4.79 Å². The maximum Gasteiger partial charge on any atom is 0.236 e. The fourth-order valence-electron chi connectivity index (χ4n) is 2.41. The molecular weight excluding hydrogens is 216 g/mol. The molecule has 0 aliphatic carbocycles.